The second kappa shape index (κ2) is 5.23. The Bertz CT molecular complexity index is 933. The molecule has 2 heterocycles. The van der Waals surface area contributed by atoms with Crippen LogP contribution < -0.4 is 0 Å². The highest BCUT2D eigenvalue weighted by Crippen LogP contribution is 2.47. The van der Waals surface area contributed by atoms with Crippen molar-refractivity contribution < 1.29 is 9.32 Å². The second-order valence-electron chi connectivity index (χ2n) is 6.94. The first-order chi connectivity index (χ1) is 11.8. The van der Waals surface area contributed by atoms with E-state index in [-0.39, 0.29) is 11.8 Å². The summed E-state index contributed by atoms with van der Waals surface area (Å²) in [7, 11) is 0. The van der Waals surface area contributed by atoms with E-state index in [0.717, 1.165) is 35.6 Å². The third kappa shape index (κ3) is 2.15. The van der Waals surface area contributed by atoms with E-state index in [1.807, 2.05) is 24.4 Å². The third-order valence-corrected chi connectivity index (χ3v) is 5.57. The fourth-order valence-electron chi connectivity index (χ4n) is 4.22. The number of benzene rings is 1. The van der Waals surface area contributed by atoms with Gasteiger partial charge in [-0.15, -0.1) is 0 Å². The Labute approximate surface area is 139 Å². The van der Waals surface area contributed by atoms with Crippen molar-refractivity contribution in [3.63, 3.8) is 0 Å². The van der Waals surface area contributed by atoms with Gasteiger partial charge < -0.3 is 4.52 Å². The zero-order chi connectivity index (χ0) is 16.1. The minimum atomic E-state index is 0.198. The molecule has 0 amide bonds. The van der Waals surface area contributed by atoms with E-state index < -0.39 is 0 Å². The SMILES string of the molecule is O=C1C[C@@H]2CC[C@H]1C[C@@H]2c1nc(-c2ccc3cnccc3c2)no1. The van der Waals surface area contributed by atoms with Crippen LogP contribution >= 0.6 is 0 Å². The van der Waals surface area contributed by atoms with Gasteiger partial charge in [0.25, 0.3) is 0 Å². The van der Waals surface area contributed by atoms with Crippen molar-refractivity contribution in [2.75, 3.05) is 0 Å². The monoisotopic (exact) mass is 319 g/mol. The number of rotatable bonds is 2. The number of carbonyl (C=O) groups excluding carboxylic acids is 1. The van der Waals surface area contributed by atoms with Crippen LogP contribution in [-0.2, 0) is 4.79 Å². The molecule has 120 valence electrons. The number of hydrogen-bond donors (Lipinski definition) is 0. The van der Waals surface area contributed by atoms with Gasteiger partial charge in [-0.05, 0) is 42.7 Å². The molecular formula is C19H17N3O2. The van der Waals surface area contributed by atoms with E-state index in [2.05, 4.69) is 21.2 Å². The first-order valence-corrected chi connectivity index (χ1v) is 8.48. The van der Waals surface area contributed by atoms with Crippen molar-refractivity contribution in [2.24, 2.45) is 11.8 Å². The molecule has 24 heavy (non-hydrogen) atoms. The highest BCUT2D eigenvalue weighted by molar-refractivity contribution is 5.85. The van der Waals surface area contributed by atoms with Gasteiger partial charge in [-0.25, -0.2) is 0 Å². The van der Waals surface area contributed by atoms with Crippen LogP contribution in [0.1, 0.15) is 37.5 Å². The molecule has 0 aliphatic heterocycles. The van der Waals surface area contributed by atoms with Crippen LogP contribution in [-0.4, -0.2) is 20.9 Å². The molecule has 3 aliphatic rings. The maximum Gasteiger partial charge on any atom is 0.230 e. The first-order valence-electron chi connectivity index (χ1n) is 8.48. The van der Waals surface area contributed by atoms with Gasteiger partial charge in [0, 0.05) is 41.6 Å². The van der Waals surface area contributed by atoms with Gasteiger partial charge in [-0.3, -0.25) is 9.78 Å². The molecule has 3 fully saturated rings. The average Bonchev–Trinajstić information content (AvgIpc) is 3.12. The largest absolute Gasteiger partial charge is 0.339 e. The number of ketones is 1. The van der Waals surface area contributed by atoms with Crippen molar-refractivity contribution in [3.8, 4) is 11.4 Å². The number of Topliss-reactive ketones (excluding diaryl/α,β-unsaturated/α-hetero) is 1. The van der Waals surface area contributed by atoms with Gasteiger partial charge in [0.05, 0.1) is 0 Å². The highest BCUT2D eigenvalue weighted by Gasteiger charge is 2.43. The highest BCUT2D eigenvalue weighted by atomic mass is 16.5. The standard InChI is InChI=1S/C19H17N3O2/c23-17-9-12-1-2-13(17)8-16(12)19-21-18(22-24-19)14-3-4-15-10-20-6-5-11(15)7-14/h3-7,10,12-13,16H,1-2,8-9H2/t12-,13-,16-/m0/s1. The van der Waals surface area contributed by atoms with Crippen LogP contribution in [0.2, 0.25) is 0 Å². The summed E-state index contributed by atoms with van der Waals surface area (Å²) >= 11 is 0. The molecule has 3 saturated carbocycles. The lowest BCUT2D eigenvalue weighted by atomic mass is 9.64. The van der Waals surface area contributed by atoms with Gasteiger partial charge in [-0.2, -0.15) is 4.98 Å². The van der Waals surface area contributed by atoms with Crippen molar-refractivity contribution >= 4 is 16.6 Å². The zero-order valence-corrected chi connectivity index (χ0v) is 13.2. The van der Waals surface area contributed by atoms with Gasteiger partial charge in [-0.1, -0.05) is 17.3 Å². The van der Waals surface area contributed by atoms with E-state index in [9.17, 15) is 4.79 Å². The van der Waals surface area contributed by atoms with Crippen molar-refractivity contribution in [1.29, 1.82) is 0 Å². The predicted molar refractivity (Wildman–Crippen MR) is 88.2 cm³/mol. The van der Waals surface area contributed by atoms with Crippen molar-refractivity contribution in [2.45, 2.75) is 31.6 Å². The van der Waals surface area contributed by atoms with Crippen LogP contribution in [0.4, 0.5) is 0 Å². The maximum absolute atomic E-state index is 11.9. The summed E-state index contributed by atoms with van der Waals surface area (Å²) in [5.41, 5.74) is 0.945. The fraction of sp³-hybridized carbons (Fsp3) is 0.368. The van der Waals surface area contributed by atoms with E-state index in [0.29, 0.717) is 29.8 Å². The number of pyridine rings is 1. The van der Waals surface area contributed by atoms with E-state index in [1.165, 1.54) is 0 Å². The Morgan fingerprint density at radius 3 is 2.92 bits per heavy atom. The summed E-state index contributed by atoms with van der Waals surface area (Å²) < 4.78 is 5.57. The Hall–Kier alpha value is -2.56. The Kier molecular flexibility index (Phi) is 3.01. The van der Waals surface area contributed by atoms with Crippen LogP contribution in [0, 0.1) is 11.8 Å². The number of aromatic nitrogens is 3. The van der Waals surface area contributed by atoms with E-state index in [1.54, 1.807) is 6.20 Å². The lowest BCUT2D eigenvalue weighted by Gasteiger charge is -2.39. The third-order valence-electron chi connectivity index (χ3n) is 5.57. The molecule has 2 bridgehead atoms. The van der Waals surface area contributed by atoms with E-state index >= 15 is 0 Å². The fourth-order valence-corrected chi connectivity index (χ4v) is 4.22. The zero-order valence-electron chi connectivity index (χ0n) is 13.2. The molecule has 0 spiro atoms. The summed E-state index contributed by atoms with van der Waals surface area (Å²) in [6, 6.07) is 8.05. The van der Waals surface area contributed by atoms with Crippen molar-refractivity contribution in [1.82, 2.24) is 15.1 Å². The summed E-state index contributed by atoms with van der Waals surface area (Å²) in [6.45, 7) is 0. The quantitative estimate of drug-likeness (QED) is 0.719. The Morgan fingerprint density at radius 1 is 1.12 bits per heavy atom. The number of fused-ring (bicyclic) bond motifs is 4. The van der Waals surface area contributed by atoms with Crippen LogP contribution in [0.15, 0.2) is 41.2 Å². The predicted octanol–water partition coefficient (Wildman–Crippen LogP) is 3.76. The molecule has 0 saturated heterocycles. The van der Waals surface area contributed by atoms with Crippen LogP contribution in [0.25, 0.3) is 22.2 Å². The number of nitrogens with zero attached hydrogens (tertiary/aromatic N) is 3. The molecule has 3 atom stereocenters. The lowest BCUT2D eigenvalue weighted by Crippen LogP contribution is -2.36. The molecule has 3 aromatic rings. The minimum Gasteiger partial charge on any atom is -0.339 e. The van der Waals surface area contributed by atoms with Gasteiger partial charge >= 0.3 is 0 Å². The molecular weight excluding hydrogens is 302 g/mol. The maximum atomic E-state index is 11.9. The lowest BCUT2D eigenvalue weighted by molar-refractivity contribution is -0.130. The minimum absolute atomic E-state index is 0.198. The summed E-state index contributed by atoms with van der Waals surface area (Å²) in [5.74, 6) is 2.55. The summed E-state index contributed by atoms with van der Waals surface area (Å²) in [4.78, 5) is 20.7. The molecule has 6 rings (SSSR count). The Balaban J connectivity index is 1.47. The number of carbonyl (C=O) groups is 1. The molecule has 0 radical (unpaired) electrons. The topological polar surface area (TPSA) is 68.9 Å². The molecule has 0 N–H and O–H groups in total. The van der Waals surface area contributed by atoms with Crippen LogP contribution in [0.5, 0.6) is 0 Å². The molecule has 5 heteroatoms. The normalized spacial score (nSPS) is 26.2. The first kappa shape index (κ1) is 13.8. The molecule has 2 aromatic heterocycles. The van der Waals surface area contributed by atoms with Gasteiger partial charge in [0.15, 0.2) is 0 Å². The molecule has 1 aromatic carbocycles. The summed E-state index contributed by atoms with van der Waals surface area (Å²) in [6.07, 6.45) is 7.30. The molecule has 3 aliphatic carbocycles. The number of hydrogen-bond acceptors (Lipinski definition) is 5. The van der Waals surface area contributed by atoms with Crippen molar-refractivity contribution in [3.05, 3.63) is 42.5 Å². The second-order valence-corrected chi connectivity index (χ2v) is 6.94. The van der Waals surface area contributed by atoms with Gasteiger partial charge in [0.2, 0.25) is 11.7 Å². The van der Waals surface area contributed by atoms with Gasteiger partial charge in [0.1, 0.15) is 5.78 Å². The Morgan fingerprint density at radius 2 is 2.08 bits per heavy atom. The smallest absolute Gasteiger partial charge is 0.230 e. The molecule has 5 nitrogen and oxygen atoms in total. The van der Waals surface area contributed by atoms with E-state index in [4.69, 9.17) is 4.52 Å². The summed E-state index contributed by atoms with van der Waals surface area (Å²) in [5, 5.41) is 6.38. The average molecular weight is 319 g/mol. The van der Waals surface area contributed by atoms with Crippen LogP contribution in [0.3, 0.4) is 0 Å². The molecule has 0 unspecified atom stereocenters.